The van der Waals surface area contributed by atoms with Crippen LogP contribution in [0.1, 0.15) is 5.56 Å². The third-order valence-electron chi connectivity index (χ3n) is 4.61. The molecule has 0 radical (unpaired) electrons. The molecule has 0 spiro atoms. The summed E-state index contributed by atoms with van der Waals surface area (Å²) in [5.41, 5.74) is 4.04. The van der Waals surface area contributed by atoms with E-state index in [1.807, 2.05) is 52.9 Å². The minimum atomic E-state index is -3.31. The third kappa shape index (κ3) is 4.20. The number of rotatable bonds is 7. The lowest BCUT2D eigenvalue weighted by Crippen LogP contribution is -2.09. The van der Waals surface area contributed by atoms with Gasteiger partial charge in [0.05, 0.1) is 13.4 Å². The number of sulfonamides is 1. The van der Waals surface area contributed by atoms with E-state index < -0.39 is 10.0 Å². The van der Waals surface area contributed by atoms with Crippen LogP contribution in [0.2, 0.25) is 0 Å². The highest BCUT2D eigenvalue weighted by molar-refractivity contribution is 7.92. The van der Waals surface area contributed by atoms with E-state index in [0.717, 1.165) is 34.5 Å². The first-order valence-electron chi connectivity index (χ1n) is 9.21. The SMILES string of the molecule is COc1ccccc1CNc1ccc(-c2ccc(NS(C)(=O)=O)cc2)c2nncn12. The second kappa shape index (κ2) is 8.03. The fourth-order valence-electron chi connectivity index (χ4n) is 3.25. The molecule has 0 saturated heterocycles. The summed E-state index contributed by atoms with van der Waals surface area (Å²) in [4.78, 5) is 0. The summed E-state index contributed by atoms with van der Waals surface area (Å²) in [5.74, 6) is 1.67. The number of benzene rings is 2. The first-order chi connectivity index (χ1) is 14.4. The summed E-state index contributed by atoms with van der Waals surface area (Å²) in [5, 5.41) is 11.7. The van der Waals surface area contributed by atoms with Crippen molar-refractivity contribution in [2.75, 3.05) is 23.4 Å². The highest BCUT2D eigenvalue weighted by atomic mass is 32.2. The topological polar surface area (TPSA) is 97.6 Å². The third-order valence-corrected chi connectivity index (χ3v) is 5.21. The van der Waals surface area contributed by atoms with Crippen molar-refractivity contribution in [1.29, 1.82) is 0 Å². The zero-order chi connectivity index (χ0) is 21.1. The van der Waals surface area contributed by atoms with Crippen LogP contribution in [0.5, 0.6) is 5.75 Å². The lowest BCUT2D eigenvalue weighted by molar-refractivity contribution is 0.410. The molecule has 2 aromatic carbocycles. The molecule has 8 nitrogen and oxygen atoms in total. The molecule has 30 heavy (non-hydrogen) atoms. The number of anilines is 2. The number of nitrogens with one attached hydrogen (secondary N) is 2. The Balaban J connectivity index is 1.61. The molecule has 0 aliphatic heterocycles. The van der Waals surface area contributed by atoms with E-state index >= 15 is 0 Å². The van der Waals surface area contributed by atoms with Gasteiger partial charge >= 0.3 is 0 Å². The Kier molecular flexibility index (Phi) is 5.28. The standard InChI is InChI=1S/C21H21N5O3S/c1-29-19-6-4-3-5-16(19)13-22-20-12-11-18(21-24-23-14-26(20)21)15-7-9-17(10-8-15)25-30(2,27)28/h3-12,14,22,25H,13H2,1-2H3. The second-order valence-corrected chi connectivity index (χ2v) is 8.52. The Morgan fingerprint density at radius 1 is 1.03 bits per heavy atom. The van der Waals surface area contributed by atoms with Crippen LogP contribution >= 0.6 is 0 Å². The Hall–Kier alpha value is -3.59. The number of fused-ring (bicyclic) bond motifs is 1. The minimum Gasteiger partial charge on any atom is -0.496 e. The molecule has 154 valence electrons. The number of aromatic nitrogens is 3. The summed E-state index contributed by atoms with van der Waals surface area (Å²) < 4.78 is 32.5. The Labute approximate surface area is 174 Å². The van der Waals surface area contributed by atoms with Gasteiger partial charge in [0.1, 0.15) is 17.9 Å². The maximum absolute atomic E-state index is 11.4. The van der Waals surface area contributed by atoms with Gasteiger partial charge in [-0.05, 0) is 35.9 Å². The van der Waals surface area contributed by atoms with Gasteiger partial charge < -0.3 is 10.1 Å². The summed E-state index contributed by atoms with van der Waals surface area (Å²) in [7, 11) is -1.66. The van der Waals surface area contributed by atoms with Crippen LogP contribution in [0.3, 0.4) is 0 Å². The van der Waals surface area contributed by atoms with E-state index in [4.69, 9.17) is 4.74 Å². The van der Waals surface area contributed by atoms with Crippen LogP contribution in [0.25, 0.3) is 16.8 Å². The van der Waals surface area contributed by atoms with Crippen molar-refractivity contribution < 1.29 is 13.2 Å². The summed E-state index contributed by atoms with van der Waals surface area (Å²) in [6.07, 6.45) is 2.78. The van der Waals surface area contributed by atoms with Gasteiger partial charge in [0, 0.05) is 23.4 Å². The van der Waals surface area contributed by atoms with E-state index in [9.17, 15) is 8.42 Å². The first-order valence-corrected chi connectivity index (χ1v) is 11.1. The predicted octanol–water partition coefficient (Wildman–Crippen LogP) is 3.39. The maximum Gasteiger partial charge on any atom is 0.229 e. The van der Waals surface area contributed by atoms with Gasteiger partial charge in [-0.15, -0.1) is 10.2 Å². The van der Waals surface area contributed by atoms with E-state index in [2.05, 4.69) is 20.2 Å². The number of pyridine rings is 1. The number of nitrogens with zero attached hydrogens (tertiary/aromatic N) is 3. The zero-order valence-corrected chi connectivity index (χ0v) is 17.3. The molecule has 2 heterocycles. The molecule has 2 aromatic heterocycles. The van der Waals surface area contributed by atoms with Crippen molar-refractivity contribution >= 4 is 27.2 Å². The average Bonchev–Trinajstić information content (AvgIpc) is 3.22. The molecule has 0 aliphatic rings. The van der Waals surface area contributed by atoms with Crippen molar-refractivity contribution in [3.05, 3.63) is 72.6 Å². The molecule has 9 heteroatoms. The van der Waals surface area contributed by atoms with Crippen molar-refractivity contribution in [2.24, 2.45) is 0 Å². The van der Waals surface area contributed by atoms with Crippen LogP contribution in [-0.4, -0.2) is 36.4 Å². The molecule has 0 atom stereocenters. The summed E-state index contributed by atoms with van der Waals surface area (Å²) >= 11 is 0. The lowest BCUT2D eigenvalue weighted by atomic mass is 10.1. The molecule has 0 fully saturated rings. The van der Waals surface area contributed by atoms with Crippen molar-refractivity contribution in [1.82, 2.24) is 14.6 Å². The van der Waals surface area contributed by atoms with Gasteiger partial charge in [-0.1, -0.05) is 30.3 Å². The van der Waals surface area contributed by atoms with Gasteiger partial charge in [0.25, 0.3) is 0 Å². The number of ether oxygens (including phenoxy) is 1. The molecule has 0 unspecified atom stereocenters. The molecular formula is C21H21N5O3S. The van der Waals surface area contributed by atoms with Gasteiger partial charge in [0.2, 0.25) is 10.0 Å². The van der Waals surface area contributed by atoms with Crippen LogP contribution in [0.15, 0.2) is 67.0 Å². The van der Waals surface area contributed by atoms with Crippen LogP contribution in [0.4, 0.5) is 11.5 Å². The largest absolute Gasteiger partial charge is 0.496 e. The molecule has 4 rings (SSSR count). The van der Waals surface area contributed by atoms with Crippen LogP contribution < -0.4 is 14.8 Å². The summed E-state index contributed by atoms with van der Waals surface area (Å²) in [6, 6.07) is 18.9. The van der Waals surface area contributed by atoms with Gasteiger partial charge in [-0.2, -0.15) is 0 Å². The van der Waals surface area contributed by atoms with Gasteiger partial charge in [-0.3, -0.25) is 9.12 Å². The van der Waals surface area contributed by atoms with E-state index in [1.165, 1.54) is 0 Å². The maximum atomic E-state index is 11.4. The lowest BCUT2D eigenvalue weighted by Gasteiger charge is -2.13. The normalized spacial score (nSPS) is 11.4. The van der Waals surface area contributed by atoms with Crippen molar-refractivity contribution in [2.45, 2.75) is 6.54 Å². The monoisotopic (exact) mass is 423 g/mol. The highest BCUT2D eigenvalue weighted by Crippen LogP contribution is 2.28. The van der Waals surface area contributed by atoms with Gasteiger partial charge in [-0.25, -0.2) is 8.42 Å². The van der Waals surface area contributed by atoms with E-state index in [-0.39, 0.29) is 0 Å². The quantitative estimate of drug-likeness (QED) is 0.473. The molecule has 0 bridgehead atoms. The highest BCUT2D eigenvalue weighted by Gasteiger charge is 2.11. The number of hydrogen-bond acceptors (Lipinski definition) is 6. The van der Waals surface area contributed by atoms with Crippen LogP contribution in [0, 0.1) is 0 Å². The Morgan fingerprint density at radius 3 is 2.53 bits per heavy atom. The Bertz CT molecular complexity index is 1280. The second-order valence-electron chi connectivity index (χ2n) is 6.77. The molecular weight excluding hydrogens is 402 g/mol. The number of methoxy groups -OCH3 is 1. The number of hydrogen-bond donors (Lipinski definition) is 2. The first kappa shape index (κ1) is 19.7. The van der Waals surface area contributed by atoms with Crippen molar-refractivity contribution in [3.8, 4) is 16.9 Å². The van der Waals surface area contributed by atoms with E-state index in [1.54, 1.807) is 25.6 Å². The fourth-order valence-corrected chi connectivity index (χ4v) is 3.81. The Morgan fingerprint density at radius 2 is 1.80 bits per heavy atom. The predicted molar refractivity (Wildman–Crippen MR) is 117 cm³/mol. The van der Waals surface area contributed by atoms with E-state index in [0.29, 0.717) is 17.9 Å². The summed E-state index contributed by atoms with van der Waals surface area (Å²) in [6.45, 7) is 0.586. The fraction of sp³-hybridized carbons (Fsp3) is 0.143. The average molecular weight is 423 g/mol. The molecule has 0 amide bonds. The molecule has 0 aliphatic carbocycles. The van der Waals surface area contributed by atoms with Gasteiger partial charge in [0.15, 0.2) is 5.65 Å². The minimum absolute atomic E-state index is 0.508. The van der Waals surface area contributed by atoms with Crippen molar-refractivity contribution in [3.63, 3.8) is 0 Å². The van der Waals surface area contributed by atoms with Crippen LogP contribution in [-0.2, 0) is 16.6 Å². The smallest absolute Gasteiger partial charge is 0.229 e. The molecule has 4 aromatic rings. The number of para-hydroxylation sites is 1. The molecule has 2 N–H and O–H groups in total. The zero-order valence-electron chi connectivity index (χ0n) is 16.5. The molecule has 0 saturated carbocycles.